The molecule has 0 aliphatic carbocycles. The van der Waals surface area contributed by atoms with Gasteiger partial charge in [0.2, 0.25) is 0 Å². The summed E-state index contributed by atoms with van der Waals surface area (Å²) >= 11 is 0. The Labute approximate surface area is 167 Å². The van der Waals surface area contributed by atoms with E-state index >= 15 is 0 Å². The first-order valence-electron chi connectivity index (χ1n) is 9.51. The molecule has 29 heavy (non-hydrogen) atoms. The molecule has 0 N–H and O–H groups in total. The van der Waals surface area contributed by atoms with E-state index in [9.17, 15) is 13.6 Å². The quantitative estimate of drug-likeness (QED) is 0.670. The zero-order valence-electron chi connectivity index (χ0n) is 16.0. The van der Waals surface area contributed by atoms with Crippen LogP contribution in [0.3, 0.4) is 0 Å². The summed E-state index contributed by atoms with van der Waals surface area (Å²) in [6, 6.07) is 6.79. The molecule has 5 nitrogen and oxygen atoms in total. The Morgan fingerprint density at radius 2 is 1.83 bits per heavy atom. The van der Waals surface area contributed by atoms with Crippen molar-refractivity contribution in [3.05, 3.63) is 77.6 Å². The number of likely N-dealkylation sites (tertiary alicyclic amines) is 1. The Bertz CT molecular complexity index is 1030. The first-order valence-corrected chi connectivity index (χ1v) is 9.51. The van der Waals surface area contributed by atoms with Crippen molar-refractivity contribution in [3.8, 4) is 11.1 Å². The van der Waals surface area contributed by atoms with Crippen LogP contribution in [-0.4, -0.2) is 38.8 Å². The second-order valence-corrected chi connectivity index (χ2v) is 7.14. The summed E-state index contributed by atoms with van der Waals surface area (Å²) in [6.45, 7) is 2.77. The molecular weight excluding hydrogens is 374 g/mol. The van der Waals surface area contributed by atoms with E-state index in [1.54, 1.807) is 17.3 Å². The zero-order chi connectivity index (χ0) is 20.4. The lowest BCUT2D eigenvalue weighted by Gasteiger charge is -2.32. The van der Waals surface area contributed by atoms with Gasteiger partial charge in [-0.05, 0) is 55.7 Å². The van der Waals surface area contributed by atoms with Crippen LogP contribution in [0.5, 0.6) is 0 Å². The Kier molecular flexibility index (Phi) is 5.29. The molecule has 1 aliphatic rings. The standard InChI is InChI=1S/C22H20F2N4O/c1-14-26-13-19(15-4-8-25-9-5-15)21(27-14)16-6-10-28(11-7-16)22(29)18-12-17(23)2-3-20(18)24/h2-5,8-9,12-13,16H,6-7,10-11H2,1H3. The van der Waals surface area contributed by atoms with Crippen molar-refractivity contribution in [2.24, 2.45) is 0 Å². The van der Waals surface area contributed by atoms with E-state index < -0.39 is 17.5 Å². The van der Waals surface area contributed by atoms with Gasteiger partial charge in [0.05, 0.1) is 11.3 Å². The van der Waals surface area contributed by atoms with Crippen molar-refractivity contribution in [3.63, 3.8) is 0 Å². The average molecular weight is 394 g/mol. The van der Waals surface area contributed by atoms with Crippen molar-refractivity contribution < 1.29 is 13.6 Å². The van der Waals surface area contributed by atoms with Gasteiger partial charge in [0.1, 0.15) is 17.5 Å². The fourth-order valence-electron chi connectivity index (χ4n) is 3.74. The molecule has 0 radical (unpaired) electrons. The van der Waals surface area contributed by atoms with E-state index in [0.717, 1.165) is 35.0 Å². The van der Waals surface area contributed by atoms with E-state index in [4.69, 9.17) is 0 Å². The molecule has 1 aromatic carbocycles. The molecule has 0 saturated carbocycles. The molecule has 1 saturated heterocycles. The summed E-state index contributed by atoms with van der Waals surface area (Å²) in [5, 5.41) is 0. The number of rotatable bonds is 3. The number of halogens is 2. The SMILES string of the molecule is Cc1ncc(-c2ccncc2)c(C2CCN(C(=O)c3cc(F)ccc3F)CC2)n1. The number of hydrogen-bond acceptors (Lipinski definition) is 4. The highest BCUT2D eigenvalue weighted by atomic mass is 19.1. The number of hydrogen-bond donors (Lipinski definition) is 0. The Morgan fingerprint density at radius 3 is 2.55 bits per heavy atom. The van der Waals surface area contributed by atoms with Gasteiger partial charge in [-0.15, -0.1) is 0 Å². The largest absolute Gasteiger partial charge is 0.339 e. The lowest BCUT2D eigenvalue weighted by Crippen LogP contribution is -2.38. The smallest absolute Gasteiger partial charge is 0.256 e. The van der Waals surface area contributed by atoms with Crippen molar-refractivity contribution in [2.45, 2.75) is 25.7 Å². The van der Waals surface area contributed by atoms with Gasteiger partial charge in [0, 0.05) is 43.2 Å². The highest BCUT2D eigenvalue weighted by Gasteiger charge is 2.28. The summed E-state index contributed by atoms with van der Waals surface area (Å²) in [6.07, 6.45) is 6.67. The van der Waals surface area contributed by atoms with Crippen LogP contribution in [0.1, 0.15) is 40.6 Å². The average Bonchev–Trinajstić information content (AvgIpc) is 2.75. The first-order chi connectivity index (χ1) is 14.0. The molecule has 0 spiro atoms. The molecule has 1 fully saturated rings. The normalized spacial score (nSPS) is 14.8. The van der Waals surface area contributed by atoms with Crippen LogP contribution in [0.15, 0.2) is 48.9 Å². The Morgan fingerprint density at radius 1 is 1.10 bits per heavy atom. The van der Waals surface area contributed by atoms with E-state index in [1.807, 2.05) is 25.3 Å². The minimum absolute atomic E-state index is 0.154. The maximum Gasteiger partial charge on any atom is 0.256 e. The van der Waals surface area contributed by atoms with Gasteiger partial charge in [0.15, 0.2) is 0 Å². The summed E-state index contributed by atoms with van der Waals surface area (Å²) in [7, 11) is 0. The molecule has 1 amide bonds. The van der Waals surface area contributed by atoms with Crippen molar-refractivity contribution in [1.82, 2.24) is 19.9 Å². The minimum Gasteiger partial charge on any atom is -0.339 e. The van der Waals surface area contributed by atoms with E-state index in [-0.39, 0.29) is 11.5 Å². The van der Waals surface area contributed by atoms with Crippen molar-refractivity contribution in [2.75, 3.05) is 13.1 Å². The third kappa shape index (κ3) is 3.99. The summed E-state index contributed by atoms with van der Waals surface area (Å²) in [4.78, 5) is 27.3. The van der Waals surface area contributed by atoms with Crippen LogP contribution in [0.2, 0.25) is 0 Å². The number of pyridine rings is 1. The van der Waals surface area contributed by atoms with Gasteiger partial charge in [-0.2, -0.15) is 0 Å². The number of aryl methyl sites for hydroxylation is 1. The highest BCUT2D eigenvalue weighted by molar-refractivity contribution is 5.94. The lowest BCUT2D eigenvalue weighted by atomic mass is 9.89. The second-order valence-electron chi connectivity index (χ2n) is 7.14. The summed E-state index contributed by atoms with van der Waals surface area (Å²) in [5.74, 6) is -0.957. The van der Waals surface area contributed by atoms with Crippen LogP contribution in [0, 0.1) is 18.6 Å². The molecule has 0 unspecified atom stereocenters. The van der Waals surface area contributed by atoms with Gasteiger partial charge in [-0.3, -0.25) is 9.78 Å². The number of carbonyl (C=O) groups excluding carboxylic acids is 1. The predicted molar refractivity (Wildman–Crippen MR) is 104 cm³/mol. The second kappa shape index (κ2) is 8.03. The third-order valence-corrected chi connectivity index (χ3v) is 5.26. The van der Waals surface area contributed by atoms with Crippen LogP contribution < -0.4 is 0 Å². The van der Waals surface area contributed by atoms with Gasteiger partial charge >= 0.3 is 0 Å². The van der Waals surface area contributed by atoms with E-state index in [1.165, 1.54) is 0 Å². The fourth-order valence-corrected chi connectivity index (χ4v) is 3.74. The number of amides is 1. The lowest BCUT2D eigenvalue weighted by molar-refractivity contribution is 0.0707. The number of carbonyl (C=O) groups is 1. The van der Waals surface area contributed by atoms with Crippen LogP contribution >= 0.6 is 0 Å². The van der Waals surface area contributed by atoms with Gasteiger partial charge < -0.3 is 4.90 Å². The topological polar surface area (TPSA) is 59.0 Å². The molecule has 3 aromatic rings. The minimum atomic E-state index is -0.704. The van der Waals surface area contributed by atoms with Crippen molar-refractivity contribution in [1.29, 1.82) is 0 Å². The molecule has 148 valence electrons. The zero-order valence-corrected chi connectivity index (χ0v) is 16.0. The molecule has 1 aliphatic heterocycles. The number of nitrogens with zero attached hydrogens (tertiary/aromatic N) is 4. The molecule has 2 aromatic heterocycles. The summed E-state index contributed by atoms with van der Waals surface area (Å²) < 4.78 is 27.4. The third-order valence-electron chi connectivity index (χ3n) is 5.26. The Balaban J connectivity index is 1.54. The molecular formula is C22H20F2N4O. The fraction of sp³-hybridized carbons (Fsp3) is 0.273. The first kappa shape index (κ1) is 19.1. The number of benzene rings is 1. The van der Waals surface area contributed by atoms with Gasteiger partial charge in [0.25, 0.3) is 5.91 Å². The molecule has 3 heterocycles. The number of aromatic nitrogens is 3. The van der Waals surface area contributed by atoms with E-state index in [2.05, 4.69) is 15.0 Å². The van der Waals surface area contributed by atoms with Crippen LogP contribution in [0.25, 0.3) is 11.1 Å². The molecule has 0 bridgehead atoms. The number of piperidine rings is 1. The van der Waals surface area contributed by atoms with Gasteiger partial charge in [-0.1, -0.05) is 0 Å². The molecule has 0 atom stereocenters. The maximum absolute atomic E-state index is 14.0. The van der Waals surface area contributed by atoms with Gasteiger partial charge in [-0.25, -0.2) is 18.7 Å². The predicted octanol–water partition coefficient (Wildman–Crippen LogP) is 4.15. The van der Waals surface area contributed by atoms with Crippen LogP contribution in [0.4, 0.5) is 8.78 Å². The molecule has 4 rings (SSSR count). The highest BCUT2D eigenvalue weighted by Crippen LogP contribution is 2.34. The summed E-state index contributed by atoms with van der Waals surface area (Å²) in [5.41, 5.74) is 2.68. The molecule has 7 heteroatoms. The van der Waals surface area contributed by atoms with Crippen LogP contribution in [-0.2, 0) is 0 Å². The van der Waals surface area contributed by atoms with Crippen molar-refractivity contribution >= 4 is 5.91 Å². The monoisotopic (exact) mass is 394 g/mol. The maximum atomic E-state index is 14.0. The Hall–Kier alpha value is -3.22. The van der Waals surface area contributed by atoms with E-state index in [0.29, 0.717) is 31.8 Å².